The lowest BCUT2D eigenvalue weighted by molar-refractivity contribution is -0.138. The van der Waals surface area contributed by atoms with Gasteiger partial charge in [-0.25, -0.2) is 14.8 Å². The maximum atomic E-state index is 11.3. The number of thiophene rings is 1. The van der Waals surface area contributed by atoms with Gasteiger partial charge in [0.15, 0.2) is 0 Å². The molecule has 1 aliphatic carbocycles. The van der Waals surface area contributed by atoms with E-state index >= 15 is 0 Å². The highest BCUT2D eigenvalue weighted by molar-refractivity contribution is 7.18. The van der Waals surface area contributed by atoms with Crippen molar-refractivity contribution < 1.29 is 9.90 Å². The molecule has 0 aliphatic heterocycles. The molecule has 1 aliphatic rings. The molecule has 2 N–H and O–H groups in total. The van der Waals surface area contributed by atoms with E-state index in [2.05, 4.69) is 22.2 Å². The minimum atomic E-state index is -0.805. The number of hydrogen-bond acceptors (Lipinski definition) is 5. The van der Waals surface area contributed by atoms with Crippen molar-refractivity contribution in [3.63, 3.8) is 0 Å². The zero-order chi connectivity index (χ0) is 13.4. The second kappa shape index (κ2) is 4.77. The Balaban J connectivity index is 1.95. The van der Waals surface area contributed by atoms with Gasteiger partial charge in [-0.1, -0.05) is 6.92 Å². The molecule has 1 atom stereocenters. The molecule has 1 saturated carbocycles. The fraction of sp³-hybridized carbons (Fsp3) is 0.462. The van der Waals surface area contributed by atoms with Crippen LogP contribution in [-0.2, 0) is 11.2 Å². The number of anilines is 1. The standard InChI is InChI=1S/C13H15N3O2S/c1-2-8-5-9-11(14-6-15-12(9)19-8)16-10(13(17)18)7-3-4-7/h5-7,10H,2-4H2,1H3,(H,17,18)(H,14,15,16). The van der Waals surface area contributed by atoms with Crippen molar-refractivity contribution in [1.29, 1.82) is 0 Å². The van der Waals surface area contributed by atoms with Crippen LogP contribution in [0.15, 0.2) is 12.4 Å². The molecule has 1 fully saturated rings. The molecule has 1 unspecified atom stereocenters. The second-order valence-electron chi connectivity index (χ2n) is 4.81. The number of fused-ring (bicyclic) bond motifs is 1. The number of carboxylic acid groups (broad SMARTS) is 1. The van der Waals surface area contributed by atoms with Crippen LogP contribution in [0.4, 0.5) is 5.82 Å². The molecule has 0 radical (unpaired) electrons. The SMILES string of the molecule is CCc1cc2c(NC(C(=O)O)C3CC3)ncnc2s1. The fourth-order valence-electron chi connectivity index (χ4n) is 2.15. The lowest BCUT2D eigenvalue weighted by atomic mass is 10.2. The molecule has 0 amide bonds. The summed E-state index contributed by atoms with van der Waals surface area (Å²) in [7, 11) is 0. The molecule has 0 saturated heterocycles. The molecule has 19 heavy (non-hydrogen) atoms. The Hall–Kier alpha value is -1.69. The van der Waals surface area contributed by atoms with Crippen LogP contribution in [0.5, 0.6) is 0 Å². The quantitative estimate of drug-likeness (QED) is 0.878. The number of rotatable bonds is 5. The Labute approximate surface area is 114 Å². The highest BCUT2D eigenvalue weighted by Crippen LogP contribution is 2.36. The van der Waals surface area contributed by atoms with E-state index in [1.807, 2.05) is 6.07 Å². The van der Waals surface area contributed by atoms with E-state index in [1.54, 1.807) is 11.3 Å². The van der Waals surface area contributed by atoms with Crippen LogP contribution in [0.3, 0.4) is 0 Å². The summed E-state index contributed by atoms with van der Waals surface area (Å²) < 4.78 is 0. The van der Waals surface area contributed by atoms with Crippen molar-refractivity contribution in [3.05, 3.63) is 17.3 Å². The third-order valence-electron chi connectivity index (χ3n) is 3.38. The van der Waals surface area contributed by atoms with Crippen molar-refractivity contribution in [2.75, 3.05) is 5.32 Å². The molecule has 2 aromatic rings. The minimum absolute atomic E-state index is 0.229. The number of carboxylic acids is 1. The second-order valence-corrected chi connectivity index (χ2v) is 5.92. The molecule has 5 nitrogen and oxygen atoms in total. The molecule has 0 aromatic carbocycles. The summed E-state index contributed by atoms with van der Waals surface area (Å²) in [6.07, 6.45) is 4.39. The molecule has 3 rings (SSSR count). The number of nitrogens with one attached hydrogen (secondary N) is 1. The average Bonchev–Trinajstić information content (AvgIpc) is 3.13. The van der Waals surface area contributed by atoms with Crippen molar-refractivity contribution in [1.82, 2.24) is 9.97 Å². The van der Waals surface area contributed by atoms with Crippen molar-refractivity contribution in [2.45, 2.75) is 32.2 Å². The van der Waals surface area contributed by atoms with E-state index in [-0.39, 0.29) is 5.92 Å². The van der Waals surface area contributed by atoms with Gasteiger partial charge in [-0.2, -0.15) is 0 Å². The van der Waals surface area contributed by atoms with E-state index in [9.17, 15) is 9.90 Å². The summed E-state index contributed by atoms with van der Waals surface area (Å²) in [6, 6.07) is 1.51. The van der Waals surface area contributed by atoms with Gasteiger partial charge in [0.2, 0.25) is 0 Å². The van der Waals surface area contributed by atoms with Gasteiger partial charge in [0, 0.05) is 4.88 Å². The summed E-state index contributed by atoms with van der Waals surface area (Å²) in [5, 5.41) is 13.3. The van der Waals surface area contributed by atoms with Gasteiger partial charge in [-0.15, -0.1) is 11.3 Å². The Bertz CT molecular complexity index is 621. The van der Waals surface area contributed by atoms with Gasteiger partial charge in [0.05, 0.1) is 5.39 Å². The largest absolute Gasteiger partial charge is 0.480 e. The van der Waals surface area contributed by atoms with Crippen molar-refractivity contribution >= 4 is 33.3 Å². The summed E-state index contributed by atoms with van der Waals surface area (Å²) in [5.74, 6) is 0.0623. The van der Waals surface area contributed by atoms with E-state index < -0.39 is 12.0 Å². The van der Waals surface area contributed by atoms with Gasteiger partial charge in [0.1, 0.15) is 23.0 Å². The van der Waals surface area contributed by atoms with E-state index in [0.717, 1.165) is 29.5 Å². The van der Waals surface area contributed by atoms with Crippen LogP contribution in [-0.4, -0.2) is 27.1 Å². The zero-order valence-corrected chi connectivity index (χ0v) is 11.4. The number of nitrogens with zero attached hydrogens (tertiary/aromatic N) is 2. The third-order valence-corrected chi connectivity index (χ3v) is 4.57. The average molecular weight is 277 g/mol. The molecule has 0 spiro atoms. The molecular formula is C13H15N3O2S. The highest BCUT2D eigenvalue weighted by Gasteiger charge is 2.36. The Morgan fingerprint density at radius 3 is 3.00 bits per heavy atom. The first-order valence-electron chi connectivity index (χ1n) is 6.41. The van der Waals surface area contributed by atoms with Crippen LogP contribution in [0.2, 0.25) is 0 Å². The van der Waals surface area contributed by atoms with Crippen LogP contribution in [0, 0.1) is 5.92 Å². The van der Waals surface area contributed by atoms with Gasteiger partial charge in [-0.05, 0) is 31.2 Å². The topological polar surface area (TPSA) is 75.1 Å². The number of aromatic nitrogens is 2. The normalized spacial score (nSPS) is 16.5. The van der Waals surface area contributed by atoms with Crippen LogP contribution < -0.4 is 5.32 Å². The van der Waals surface area contributed by atoms with Crippen molar-refractivity contribution in [3.8, 4) is 0 Å². The predicted molar refractivity (Wildman–Crippen MR) is 74.6 cm³/mol. The minimum Gasteiger partial charge on any atom is -0.480 e. The summed E-state index contributed by atoms with van der Waals surface area (Å²) in [5.41, 5.74) is 0. The first kappa shape index (κ1) is 12.3. The molecular weight excluding hydrogens is 262 g/mol. The van der Waals surface area contributed by atoms with Crippen LogP contribution in [0.25, 0.3) is 10.2 Å². The Morgan fingerprint density at radius 1 is 1.58 bits per heavy atom. The van der Waals surface area contributed by atoms with Gasteiger partial charge in [0.25, 0.3) is 0 Å². The maximum absolute atomic E-state index is 11.3. The summed E-state index contributed by atoms with van der Waals surface area (Å²) in [4.78, 5) is 21.9. The molecule has 2 heterocycles. The predicted octanol–water partition coefficient (Wildman–Crippen LogP) is 2.53. The van der Waals surface area contributed by atoms with Gasteiger partial charge >= 0.3 is 5.97 Å². The van der Waals surface area contributed by atoms with E-state index in [0.29, 0.717) is 5.82 Å². The fourth-order valence-corrected chi connectivity index (χ4v) is 3.09. The van der Waals surface area contributed by atoms with Crippen molar-refractivity contribution in [2.24, 2.45) is 5.92 Å². The first-order chi connectivity index (χ1) is 9.19. The van der Waals surface area contributed by atoms with E-state index in [4.69, 9.17) is 0 Å². The zero-order valence-electron chi connectivity index (χ0n) is 10.6. The lowest BCUT2D eigenvalue weighted by Crippen LogP contribution is -2.31. The summed E-state index contributed by atoms with van der Waals surface area (Å²) in [6.45, 7) is 2.09. The van der Waals surface area contributed by atoms with Gasteiger partial charge < -0.3 is 10.4 Å². The molecule has 6 heteroatoms. The highest BCUT2D eigenvalue weighted by atomic mass is 32.1. The number of aryl methyl sites for hydroxylation is 1. The maximum Gasteiger partial charge on any atom is 0.326 e. The van der Waals surface area contributed by atoms with Gasteiger partial charge in [-0.3, -0.25) is 0 Å². The molecule has 0 bridgehead atoms. The van der Waals surface area contributed by atoms with E-state index in [1.165, 1.54) is 11.2 Å². The molecule has 100 valence electrons. The number of aliphatic carboxylic acids is 1. The third kappa shape index (κ3) is 2.40. The molecule has 2 aromatic heterocycles. The Morgan fingerprint density at radius 2 is 2.37 bits per heavy atom. The van der Waals surface area contributed by atoms with Crippen LogP contribution >= 0.6 is 11.3 Å². The first-order valence-corrected chi connectivity index (χ1v) is 7.23. The summed E-state index contributed by atoms with van der Waals surface area (Å²) >= 11 is 1.63. The smallest absolute Gasteiger partial charge is 0.326 e. The Kier molecular flexibility index (Phi) is 3.10. The monoisotopic (exact) mass is 277 g/mol. The lowest BCUT2D eigenvalue weighted by Gasteiger charge is -2.14. The number of carbonyl (C=O) groups is 1. The number of hydrogen-bond donors (Lipinski definition) is 2. The van der Waals surface area contributed by atoms with Crippen LogP contribution in [0.1, 0.15) is 24.6 Å².